The molecule has 0 aliphatic carbocycles. The highest BCUT2D eigenvalue weighted by Crippen LogP contribution is 2.26. The Hall–Kier alpha value is -2.83. The summed E-state index contributed by atoms with van der Waals surface area (Å²) < 4.78 is 42.1. The highest BCUT2D eigenvalue weighted by atomic mass is 19.1. The Labute approximate surface area is 155 Å². The van der Waals surface area contributed by atoms with Gasteiger partial charge in [-0.3, -0.25) is 9.59 Å². The van der Waals surface area contributed by atoms with Gasteiger partial charge in [0, 0.05) is 31.7 Å². The van der Waals surface area contributed by atoms with Crippen molar-refractivity contribution in [3.63, 3.8) is 0 Å². The fourth-order valence-corrected chi connectivity index (χ4v) is 3.30. The number of anilines is 1. The van der Waals surface area contributed by atoms with Crippen molar-refractivity contribution in [3.05, 3.63) is 64.5 Å². The van der Waals surface area contributed by atoms with E-state index in [1.807, 2.05) is 0 Å². The van der Waals surface area contributed by atoms with Gasteiger partial charge in [0.25, 0.3) is 5.91 Å². The van der Waals surface area contributed by atoms with E-state index in [0.29, 0.717) is 29.9 Å². The highest BCUT2D eigenvalue weighted by Gasteiger charge is 2.27. The number of amides is 1. The molecule has 4 nitrogen and oxygen atoms in total. The molecule has 27 heavy (non-hydrogen) atoms. The largest absolute Gasteiger partial charge is 0.366 e. The standard InChI is InChI=1S/C20H19F3N2O2/c1-12-10-18(17(23)11-14(12)13(2)26)24-6-8-25(9-7-24)20(27)19-15(21)4-3-5-16(19)22/h3-5,10-11H,6-9H2,1-2H3. The fraction of sp³-hybridized carbons (Fsp3) is 0.300. The molecule has 0 N–H and O–H groups in total. The van der Waals surface area contributed by atoms with E-state index in [1.165, 1.54) is 24.0 Å². The Morgan fingerprint density at radius 2 is 1.52 bits per heavy atom. The first-order chi connectivity index (χ1) is 12.8. The van der Waals surface area contributed by atoms with Gasteiger partial charge >= 0.3 is 0 Å². The highest BCUT2D eigenvalue weighted by molar-refractivity contribution is 5.96. The van der Waals surface area contributed by atoms with Gasteiger partial charge in [-0.2, -0.15) is 0 Å². The summed E-state index contributed by atoms with van der Waals surface area (Å²) in [6, 6.07) is 6.12. The summed E-state index contributed by atoms with van der Waals surface area (Å²) in [5.74, 6) is -3.23. The van der Waals surface area contributed by atoms with E-state index in [4.69, 9.17) is 0 Å². The van der Waals surface area contributed by atoms with Crippen molar-refractivity contribution in [2.75, 3.05) is 31.1 Å². The number of halogens is 3. The lowest BCUT2D eigenvalue weighted by molar-refractivity contribution is 0.0736. The van der Waals surface area contributed by atoms with Crippen LogP contribution in [-0.4, -0.2) is 42.8 Å². The Morgan fingerprint density at radius 1 is 0.926 bits per heavy atom. The average molecular weight is 376 g/mol. The number of hydrogen-bond donors (Lipinski definition) is 0. The van der Waals surface area contributed by atoms with Crippen molar-refractivity contribution >= 4 is 17.4 Å². The quantitative estimate of drug-likeness (QED) is 0.769. The van der Waals surface area contributed by atoms with Gasteiger partial charge < -0.3 is 9.80 Å². The Kier molecular flexibility index (Phi) is 5.21. The molecule has 0 unspecified atom stereocenters. The van der Waals surface area contributed by atoms with Crippen molar-refractivity contribution in [2.45, 2.75) is 13.8 Å². The zero-order valence-corrected chi connectivity index (χ0v) is 15.1. The summed E-state index contributed by atoms with van der Waals surface area (Å²) in [5, 5.41) is 0. The van der Waals surface area contributed by atoms with E-state index >= 15 is 0 Å². The van der Waals surface area contributed by atoms with Crippen molar-refractivity contribution in [3.8, 4) is 0 Å². The number of aryl methyl sites for hydroxylation is 1. The molecule has 0 radical (unpaired) electrons. The van der Waals surface area contributed by atoms with Gasteiger partial charge in [-0.25, -0.2) is 13.2 Å². The van der Waals surface area contributed by atoms with Gasteiger partial charge in [0.2, 0.25) is 0 Å². The predicted octanol–water partition coefficient (Wildman–Crippen LogP) is 3.58. The zero-order valence-electron chi connectivity index (χ0n) is 15.1. The van der Waals surface area contributed by atoms with Gasteiger partial charge in [-0.1, -0.05) is 6.07 Å². The monoisotopic (exact) mass is 376 g/mol. The topological polar surface area (TPSA) is 40.6 Å². The summed E-state index contributed by atoms with van der Waals surface area (Å²) >= 11 is 0. The molecule has 0 bridgehead atoms. The molecule has 0 atom stereocenters. The molecule has 2 aromatic rings. The Morgan fingerprint density at radius 3 is 2.07 bits per heavy atom. The third kappa shape index (κ3) is 3.67. The number of carbonyl (C=O) groups is 2. The van der Waals surface area contributed by atoms with Crippen LogP contribution in [0.15, 0.2) is 30.3 Å². The number of rotatable bonds is 3. The maximum absolute atomic E-state index is 14.4. The summed E-state index contributed by atoms with van der Waals surface area (Å²) in [4.78, 5) is 27.1. The normalized spacial score (nSPS) is 14.4. The molecule has 1 aliphatic rings. The fourth-order valence-electron chi connectivity index (χ4n) is 3.30. The first-order valence-corrected chi connectivity index (χ1v) is 8.59. The van der Waals surface area contributed by atoms with Gasteiger partial charge in [0.05, 0.1) is 5.69 Å². The summed E-state index contributed by atoms with van der Waals surface area (Å²) in [6.07, 6.45) is 0. The molecular formula is C20H19F3N2O2. The summed E-state index contributed by atoms with van der Waals surface area (Å²) in [5.41, 5.74) is 0.784. The SMILES string of the molecule is CC(=O)c1cc(F)c(N2CCN(C(=O)c3c(F)cccc3F)CC2)cc1C. The van der Waals surface area contributed by atoms with Crippen LogP contribution in [-0.2, 0) is 0 Å². The number of benzene rings is 2. The van der Waals surface area contributed by atoms with E-state index in [1.54, 1.807) is 17.9 Å². The van der Waals surface area contributed by atoms with Crippen molar-refractivity contribution < 1.29 is 22.8 Å². The maximum Gasteiger partial charge on any atom is 0.259 e. The minimum Gasteiger partial charge on any atom is -0.366 e. The predicted molar refractivity (Wildman–Crippen MR) is 95.6 cm³/mol. The smallest absolute Gasteiger partial charge is 0.259 e. The van der Waals surface area contributed by atoms with E-state index in [-0.39, 0.29) is 18.9 Å². The first kappa shape index (κ1) is 18.9. The molecule has 3 rings (SSSR count). The summed E-state index contributed by atoms with van der Waals surface area (Å²) in [7, 11) is 0. The zero-order chi connectivity index (χ0) is 19.7. The van der Waals surface area contributed by atoms with Crippen molar-refractivity contribution in [1.82, 2.24) is 4.90 Å². The van der Waals surface area contributed by atoms with Crippen LogP contribution in [0.5, 0.6) is 0 Å². The molecule has 1 fully saturated rings. The molecule has 0 aromatic heterocycles. The van der Waals surface area contributed by atoms with Crippen LogP contribution < -0.4 is 4.90 Å². The molecule has 1 aliphatic heterocycles. The van der Waals surface area contributed by atoms with Crippen LogP contribution in [0.4, 0.5) is 18.9 Å². The number of carbonyl (C=O) groups excluding carboxylic acids is 2. The van der Waals surface area contributed by atoms with Gasteiger partial charge in [-0.15, -0.1) is 0 Å². The number of nitrogens with zero attached hydrogens (tertiary/aromatic N) is 2. The minimum absolute atomic E-state index is 0.208. The lowest BCUT2D eigenvalue weighted by Crippen LogP contribution is -2.49. The van der Waals surface area contributed by atoms with Crippen LogP contribution in [0.25, 0.3) is 0 Å². The van der Waals surface area contributed by atoms with Crippen LogP contribution in [0.2, 0.25) is 0 Å². The van der Waals surface area contributed by atoms with Gasteiger partial charge in [0.15, 0.2) is 5.78 Å². The number of hydrogen-bond acceptors (Lipinski definition) is 3. The summed E-state index contributed by atoms with van der Waals surface area (Å²) in [6.45, 7) is 4.17. The molecule has 2 aromatic carbocycles. The second kappa shape index (κ2) is 7.42. The van der Waals surface area contributed by atoms with E-state index in [9.17, 15) is 22.8 Å². The average Bonchev–Trinajstić information content (AvgIpc) is 2.63. The molecular weight excluding hydrogens is 357 g/mol. The molecule has 0 saturated carbocycles. The second-order valence-corrected chi connectivity index (χ2v) is 6.55. The van der Waals surface area contributed by atoms with Crippen LogP contribution in [0, 0.1) is 24.4 Å². The maximum atomic E-state index is 14.4. The Balaban J connectivity index is 1.75. The minimum atomic E-state index is -0.899. The molecule has 1 heterocycles. The number of ketones is 1. The third-order valence-electron chi connectivity index (χ3n) is 4.76. The molecule has 7 heteroatoms. The molecule has 1 amide bonds. The molecule has 1 saturated heterocycles. The van der Waals surface area contributed by atoms with Crippen molar-refractivity contribution in [1.29, 1.82) is 0 Å². The van der Waals surface area contributed by atoms with Gasteiger partial charge in [-0.05, 0) is 43.7 Å². The molecule has 0 spiro atoms. The first-order valence-electron chi connectivity index (χ1n) is 8.59. The van der Waals surface area contributed by atoms with Crippen LogP contribution in [0.3, 0.4) is 0 Å². The lowest BCUT2D eigenvalue weighted by Gasteiger charge is -2.36. The van der Waals surface area contributed by atoms with E-state index < -0.39 is 28.9 Å². The second-order valence-electron chi connectivity index (χ2n) is 6.55. The Bertz CT molecular complexity index is 886. The third-order valence-corrected chi connectivity index (χ3v) is 4.76. The molecule has 142 valence electrons. The van der Waals surface area contributed by atoms with Crippen LogP contribution >= 0.6 is 0 Å². The van der Waals surface area contributed by atoms with Gasteiger partial charge in [0.1, 0.15) is 23.0 Å². The van der Waals surface area contributed by atoms with Crippen LogP contribution in [0.1, 0.15) is 33.2 Å². The lowest BCUT2D eigenvalue weighted by atomic mass is 10.0. The number of piperazine rings is 1. The van der Waals surface area contributed by atoms with Crippen molar-refractivity contribution in [2.24, 2.45) is 0 Å². The van der Waals surface area contributed by atoms with E-state index in [2.05, 4.69) is 0 Å². The number of Topliss-reactive ketones (excluding diaryl/α,β-unsaturated/α-hetero) is 1. The van der Waals surface area contributed by atoms with E-state index in [0.717, 1.165) is 12.1 Å².